The second-order valence-corrected chi connectivity index (χ2v) is 7.33. The van der Waals surface area contributed by atoms with Crippen LogP contribution in [-0.4, -0.2) is 63.1 Å². The first-order valence-electron chi connectivity index (χ1n) is 10.3. The zero-order valence-corrected chi connectivity index (χ0v) is 17.6. The molecule has 0 saturated heterocycles. The Morgan fingerprint density at radius 1 is 1.31 bits per heavy atom. The summed E-state index contributed by atoms with van der Waals surface area (Å²) in [7, 11) is 3.86. The Kier molecular flexibility index (Phi) is 7.21. The fraction of sp³-hybridized carbons (Fsp3) is 0.524. The van der Waals surface area contributed by atoms with Crippen molar-refractivity contribution in [2.75, 3.05) is 26.7 Å². The second-order valence-electron chi connectivity index (χ2n) is 7.33. The Bertz CT molecular complexity index is 845. The summed E-state index contributed by atoms with van der Waals surface area (Å²) in [5.74, 6) is 1.90. The number of nitrogens with zero attached hydrogens (tertiary/aromatic N) is 6. The van der Waals surface area contributed by atoms with Crippen molar-refractivity contribution in [2.45, 2.75) is 39.3 Å². The van der Waals surface area contributed by atoms with Crippen LogP contribution in [0.3, 0.4) is 0 Å². The highest BCUT2D eigenvalue weighted by Gasteiger charge is 2.19. The van der Waals surface area contributed by atoms with Crippen LogP contribution in [0.2, 0.25) is 0 Å². The summed E-state index contributed by atoms with van der Waals surface area (Å²) in [5, 5.41) is 7.40. The molecular weight excluding hydrogens is 366 g/mol. The van der Waals surface area contributed by atoms with Crippen LogP contribution in [-0.2, 0) is 31.4 Å². The number of carbonyl (C=O) groups is 1. The van der Waals surface area contributed by atoms with Crippen LogP contribution >= 0.6 is 0 Å². The van der Waals surface area contributed by atoms with E-state index in [1.54, 1.807) is 11.0 Å². The van der Waals surface area contributed by atoms with Crippen molar-refractivity contribution in [3.05, 3.63) is 47.5 Å². The van der Waals surface area contributed by atoms with Crippen LogP contribution in [0.1, 0.15) is 36.7 Å². The Morgan fingerprint density at radius 3 is 2.83 bits per heavy atom. The quantitative estimate of drug-likeness (QED) is 0.436. The summed E-state index contributed by atoms with van der Waals surface area (Å²) >= 11 is 0. The lowest BCUT2D eigenvalue weighted by molar-refractivity contribution is -0.132. The zero-order chi connectivity index (χ0) is 20.6. The Morgan fingerprint density at radius 2 is 2.10 bits per heavy atom. The first kappa shape index (κ1) is 20.8. The highest BCUT2D eigenvalue weighted by Crippen LogP contribution is 2.19. The van der Waals surface area contributed by atoms with Gasteiger partial charge in [0.25, 0.3) is 0 Å². The van der Waals surface area contributed by atoms with E-state index in [4.69, 9.17) is 0 Å². The van der Waals surface area contributed by atoms with E-state index < -0.39 is 0 Å². The molecule has 0 unspecified atom stereocenters. The van der Waals surface area contributed by atoms with E-state index >= 15 is 0 Å². The minimum Gasteiger partial charge on any atom is -0.357 e. The highest BCUT2D eigenvalue weighted by molar-refractivity contribution is 5.79. The summed E-state index contributed by atoms with van der Waals surface area (Å²) in [5.41, 5.74) is 2.63. The number of fused-ring (bicyclic) bond motifs is 1. The van der Waals surface area contributed by atoms with Gasteiger partial charge in [-0.1, -0.05) is 24.3 Å². The van der Waals surface area contributed by atoms with Crippen LogP contribution in [0.25, 0.3) is 0 Å². The number of rotatable bonds is 7. The molecule has 2 heterocycles. The van der Waals surface area contributed by atoms with Crippen LogP contribution < -0.4 is 5.32 Å². The largest absolute Gasteiger partial charge is 0.357 e. The van der Waals surface area contributed by atoms with E-state index in [9.17, 15) is 4.79 Å². The zero-order valence-electron chi connectivity index (χ0n) is 17.6. The number of hydrogen-bond acceptors (Lipinski definition) is 4. The van der Waals surface area contributed by atoms with Crippen molar-refractivity contribution >= 4 is 11.9 Å². The number of nitrogens with one attached hydrogen (secondary N) is 1. The molecule has 1 aliphatic heterocycles. The van der Waals surface area contributed by atoms with Gasteiger partial charge in [-0.15, -0.1) is 0 Å². The fourth-order valence-electron chi connectivity index (χ4n) is 3.50. The average Bonchev–Trinajstić information content (AvgIpc) is 3.14. The topological polar surface area (TPSA) is 78.7 Å². The van der Waals surface area contributed by atoms with Gasteiger partial charge in [-0.25, -0.2) is 4.98 Å². The average molecular weight is 398 g/mol. The molecule has 0 fully saturated rings. The predicted molar refractivity (Wildman–Crippen MR) is 113 cm³/mol. The van der Waals surface area contributed by atoms with E-state index in [0.29, 0.717) is 19.5 Å². The maximum atomic E-state index is 12.6. The fourth-order valence-corrected chi connectivity index (χ4v) is 3.50. The van der Waals surface area contributed by atoms with Gasteiger partial charge in [0.1, 0.15) is 12.2 Å². The lowest BCUT2D eigenvalue weighted by Gasteiger charge is -2.29. The smallest absolute Gasteiger partial charge is 0.222 e. The van der Waals surface area contributed by atoms with Crippen LogP contribution in [0.5, 0.6) is 0 Å². The molecule has 2 aromatic rings. The van der Waals surface area contributed by atoms with Gasteiger partial charge in [0.15, 0.2) is 5.96 Å². The predicted octanol–water partition coefficient (Wildman–Crippen LogP) is 1.58. The van der Waals surface area contributed by atoms with Crippen molar-refractivity contribution in [1.29, 1.82) is 0 Å². The molecule has 1 N–H and O–H groups in total. The van der Waals surface area contributed by atoms with E-state index in [1.165, 1.54) is 11.1 Å². The Hall–Kier alpha value is -2.90. The van der Waals surface area contributed by atoms with Crippen molar-refractivity contribution in [2.24, 2.45) is 12.0 Å². The van der Waals surface area contributed by atoms with E-state index in [1.807, 2.05) is 36.9 Å². The van der Waals surface area contributed by atoms with Crippen LogP contribution in [0.15, 0.2) is 35.6 Å². The van der Waals surface area contributed by atoms with Crippen molar-refractivity contribution in [3.8, 4) is 0 Å². The van der Waals surface area contributed by atoms with Crippen molar-refractivity contribution in [1.82, 2.24) is 29.9 Å². The lowest BCUT2D eigenvalue weighted by atomic mass is 9.99. The molecule has 0 radical (unpaired) electrons. The summed E-state index contributed by atoms with van der Waals surface area (Å²) in [6, 6.07) is 8.39. The molecule has 0 saturated carbocycles. The summed E-state index contributed by atoms with van der Waals surface area (Å²) in [4.78, 5) is 25.5. The Balaban J connectivity index is 1.48. The molecular formula is C21H31N7O. The summed E-state index contributed by atoms with van der Waals surface area (Å²) < 4.78 is 1.76. The molecule has 1 aliphatic rings. The minimum absolute atomic E-state index is 0.215. The molecule has 0 aliphatic carbocycles. The first-order valence-corrected chi connectivity index (χ1v) is 10.3. The number of amides is 1. The molecule has 1 aromatic carbocycles. The molecule has 1 amide bonds. The van der Waals surface area contributed by atoms with Crippen LogP contribution in [0, 0.1) is 0 Å². The van der Waals surface area contributed by atoms with E-state index in [2.05, 4.69) is 38.6 Å². The van der Waals surface area contributed by atoms with Gasteiger partial charge in [0.2, 0.25) is 5.91 Å². The molecule has 1 aromatic heterocycles. The van der Waals surface area contributed by atoms with Gasteiger partial charge in [-0.2, -0.15) is 5.10 Å². The van der Waals surface area contributed by atoms with Crippen molar-refractivity contribution < 1.29 is 4.79 Å². The molecule has 8 nitrogen and oxygen atoms in total. The number of hydrogen-bond donors (Lipinski definition) is 1. The molecule has 0 bridgehead atoms. The standard InChI is InChI=1S/C21H31N7O/c1-4-22-21(26(2)15-19-24-16-25-27(19)3)23-12-7-10-20(29)28-13-11-17-8-5-6-9-18(17)14-28/h5-6,8-9,16H,4,7,10-15H2,1-3H3,(H,22,23). The third kappa shape index (κ3) is 5.56. The monoisotopic (exact) mass is 397 g/mol. The van der Waals surface area contributed by atoms with Gasteiger partial charge in [0.05, 0.1) is 6.54 Å². The number of benzene rings is 1. The van der Waals surface area contributed by atoms with Crippen molar-refractivity contribution in [3.63, 3.8) is 0 Å². The molecule has 8 heteroatoms. The van der Waals surface area contributed by atoms with Gasteiger partial charge in [-0.05, 0) is 30.9 Å². The van der Waals surface area contributed by atoms with Gasteiger partial charge < -0.3 is 15.1 Å². The first-order chi connectivity index (χ1) is 14.1. The second kappa shape index (κ2) is 10.0. The lowest BCUT2D eigenvalue weighted by Crippen LogP contribution is -2.39. The van der Waals surface area contributed by atoms with Gasteiger partial charge >= 0.3 is 0 Å². The molecule has 29 heavy (non-hydrogen) atoms. The van der Waals surface area contributed by atoms with Crippen LogP contribution in [0.4, 0.5) is 0 Å². The molecule has 3 rings (SSSR count). The maximum absolute atomic E-state index is 12.6. The molecule has 156 valence electrons. The SMILES string of the molecule is CCNC(=NCCCC(=O)N1CCc2ccccc2C1)N(C)Cc1ncnn1C. The highest BCUT2D eigenvalue weighted by atomic mass is 16.2. The van der Waals surface area contributed by atoms with Gasteiger partial charge in [0, 0.05) is 46.7 Å². The number of guanidine groups is 1. The molecule has 0 spiro atoms. The minimum atomic E-state index is 0.215. The maximum Gasteiger partial charge on any atom is 0.222 e. The van der Waals surface area contributed by atoms with E-state index in [0.717, 1.165) is 44.3 Å². The van der Waals surface area contributed by atoms with E-state index in [-0.39, 0.29) is 5.91 Å². The third-order valence-corrected chi connectivity index (χ3v) is 5.17. The number of aliphatic imine (C=N–C) groups is 1. The summed E-state index contributed by atoms with van der Waals surface area (Å²) in [6.07, 6.45) is 3.76. The number of aromatic nitrogens is 3. The van der Waals surface area contributed by atoms with Gasteiger partial charge in [-0.3, -0.25) is 14.5 Å². The number of carbonyl (C=O) groups excluding carboxylic acids is 1. The molecule has 0 atom stereocenters. The third-order valence-electron chi connectivity index (χ3n) is 5.17. The normalized spacial score (nSPS) is 13.9. The summed E-state index contributed by atoms with van der Waals surface area (Å²) in [6.45, 7) is 5.59. The Labute approximate surface area is 172 Å². The number of aryl methyl sites for hydroxylation is 1.